The molecule has 0 saturated carbocycles. The number of carbonyl (C=O) groups is 2. The fourth-order valence-corrected chi connectivity index (χ4v) is 3.38. The second kappa shape index (κ2) is 6.24. The SMILES string of the molecule is O=C(c1n[nH]c2ccccc12)N1CCN(C(=O)C2CCCO2)CC1. The largest absolute Gasteiger partial charge is 0.368 e. The Morgan fingerprint density at radius 1 is 1.12 bits per heavy atom. The van der Waals surface area contributed by atoms with Crippen molar-refractivity contribution < 1.29 is 14.3 Å². The minimum absolute atomic E-state index is 0.0600. The average Bonchev–Trinajstić information content (AvgIpc) is 3.30. The molecule has 3 heterocycles. The van der Waals surface area contributed by atoms with E-state index in [1.54, 1.807) is 4.90 Å². The van der Waals surface area contributed by atoms with Gasteiger partial charge in [0.1, 0.15) is 6.10 Å². The van der Waals surface area contributed by atoms with E-state index in [-0.39, 0.29) is 17.9 Å². The fourth-order valence-electron chi connectivity index (χ4n) is 3.38. The van der Waals surface area contributed by atoms with Crippen LogP contribution >= 0.6 is 0 Å². The van der Waals surface area contributed by atoms with Gasteiger partial charge in [-0.1, -0.05) is 18.2 Å². The van der Waals surface area contributed by atoms with Crippen molar-refractivity contribution in [3.05, 3.63) is 30.0 Å². The maximum atomic E-state index is 12.7. The number of H-pyrrole nitrogens is 1. The zero-order valence-electron chi connectivity index (χ0n) is 13.4. The van der Waals surface area contributed by atoms with Gasteiger partial charge in [0.2, 0.25) is 0 Å². The number of hydrogen-bond donors (Lipinski definition) is 1. The first kappa shape index (κ1) is 15.1. The lowest BCUT2D eigenvalue weighted by atomic mass is 10.1. The van der Waals surface area contributed by atoms with Gasteiger partial charge in [0.25, 0.3) is 11.8 Å². The smallest absolute Gasteiger partial charge is 0.275 e. The number of fused-ring (bicyclic) bond motifs is 1. The third kappa shape index (κ3) is 2.65. The van der Waals surface area contributed by atoms with E-state index in [1.807, 2.05) is 29.2 Å². The molecule has 1 aromatic heterocycles. The molecule has 7 nitrogen and oxygen atoms in total. The lowest BCUT2D eigenvalue weighted by molar-refractivity contribution is -0.142. The molecular weight excluding hydrogens is 308 g/mol. The third-order valence-electron chi connectivity index (χ3n) is 4.76. The normalized spacial score (nSPS) is 21.4. The minimum Gasteiger partial charge on any atom is -0.368 e. The van der Waals surface area contributed by atoms with Crippen molar-refractivity contribution in [2.75, 3.05) is 32.8 Å². The van der Waals surface area contributed by atoms with Crippen LogP contribution in [0.3, 0.4) is 0 Å². The van der Waals surface area contributed by atoms with E-state index in [0.29, 0.717) is 38.5 Å². The number of para-hydroxylation sites is 1. The lowest BCUT2D eigenvalue weighted by Gasteiger charge is -2.35. The molecule has 1 N–H and O–H groups in total. The van der Waals surface area contributed by atoms with E-state index < -0.39 is 0 Å². The van der Waals surface area contributed by atoms with Crippen LogP contribution in [0.1, 0.15) is 23.3 Å². The maximum Gasteiger partial charge on any atom is 0.275 e. The van der Waals surface area contributed by atoms with Crippen LogP contribution in [0.2, 0.25) is 0 Å². The first-order chi connectivity index (χ1) is 11.7. The molecule has 0 radical (unpaired) electrons. The number of aromatic amines is 1. The number of hydrogen-bond acceptors (Lipinski definition) is 4. The lowest BCUT2D eigenvalue weighted by Crippen LogP contribution is -2.52. The van der Waals surface area contributed by atoms with E-state index in [1.165, 1.54) is 0 Å². The molecule has 2 aromatic rings. The zero-order chi connectivity index (χ0) is 16.5. The second-order valence-corrected chi connectivity index (χ2v) is 6.24. The molecule has 1 unspecified atom stereocenters. The summed E-state index contributed by atoms with van der Waals surface area (Å²) in [6, 6.07) is 7.59. The molecule has 2 fully saturated rings. The number of aromatic nitrogens is 2. The third-order valence-corrected chi connectivity index (χ3v) is 4.76. The molecule has 0 bridgehead atoms. The van der Waals surface area contributed by atoms with Crippen LogP contribution in [0.25, 0.3) is 10.9 Å². The predicted octanol–water partition coefficient (Wildman–Crippen LogP) is 1.03. The molecule has 126 valence electrons. The minimum atomic E-state index is -0.289. The maximum absolute atomic E-state index is 12.7. The van der Waals surface area contributed by atoms with Crippen LogP contribution in [0.5, 0.6) is 0 Å². The van der Waals surface area contributed by atoms with Gasteiger partial charge in [-0.3, -0.25) is 14.7 Å². The number of benzene rings is 1. The van der Waals surface area contributed by atoms with Crippen molar-refractivity contribution in [3.8, 4) is 0 Å². The number of nitrogens with one attached hydrogen (secondary N) is 1. The van der Waals surface area contributed by atoms with Gasteiger partial charge >= 0.3 is 0 Å². The van der Waals surface area contributed by atoms with Crippen molar-refractivity contribution >= 4 is 22.7 Å². The molecule has 7 heteroatoms. The molecule has 4 rings (SSSR count). The summed E-state index contributed by atoms with van der Waals surface area (Å²) in [4.78, 5) is 28.7. The van der Waals surface area contributed by atoms with E-state index >= 15 is 0 Å². The zero-order valence-corrected chi connectivity index (χ0v) is 13.4. The highest BCUT2D eigenvalue weighted by Gasteiger charge is 2.32. The van der Waals surface area contributed by atoms with E-state index in [2.05, 4.69) is 10.2 Å². The summed E-state index contributed by atoms with van der Waals surface area (Å²) >= 11 is 0. The Labute approximate surface area is 139 Å². The monoisotopic (exact) mass is 328 g/mol. The molecule has 1 atom stereocenters. The molecule has 2 aliphatic rings. The van der Waals surface area contributed by atoms with E-state index in [0.717, 1.165) is 23.7 Å². The summed E-state index contributed by atoms with van der Waals surface area (Å²) in [7, 11) is 0. The van der Waals surface area contributed by atoms with Gasteiger partial charge in [-0.25, -0.2) is 0 Å². The van der Waals surface area contributed by atoms with Crippen LogP contribution in [-0.4, -0.2) is 70.7 Å². The number of carbonyl (C=O) groups excluding carboxylic acids is 2. The summed E-state index contributed by atoms with van der Waals surface area (Å²) in [6.07, 6.45) is 1.46. The topological polar surface area (TPSA) is 78.5 Å². The van der Waals surface area contributed by atoms with Crippen LogP contribution < -0.4 is 0 Å². The Kier molecular flexibility index (Phi) is 3.93. The molecule has 1 aromatic carbocycles. The number of ether oxygens (including phenoxy) is 1. The number of rotatable bonds is 2. The van der Waals surface area contributed by atoms with Crippen molar-refractivity contribution in [2.45, 2.75) is 18.9 Å². The standard InChI is InChI=1S/C17H20N4O3/c22-16(14-6-3-11-24-14)20-7-9-21(10-8-20)17(23)15-12-4-1-2-5-13(12)18-19-15/h1-2,4-5,14H,3,6-11H2,(H,18,19). The van der Waals surface area contributed by atoms with Crippen molar-refractivity contribution in [1.29, 1.82) is 0 Å². The number of amides is 2. The summed E-state index contributed by atoms with van der Waals surface area (Å²) in [5.41, 5.74) is 1.30. The Bertz CT molecular complexity index is 758. The molecule has 2 amide bonds. The Hall–Kier alpha value is -2.41. The summed E-state index contributed by atoms with van der Waals surface area (Å²) in [5, 5.41) is 7.90. The average molecular weight is 328 g/mol. The predicted molar refractivity (Wildman–Crippen MR) is 87.6 cm³/mol. The quantitative estimate of drug-likeness (QED) is 0.893. The van der Waals surface area contributed by atoms with Crippen molar-refractivity contribution in [2.24, 2.45) is 0 Å². The van der Waals surface area contributed by atoms with Gasteiger partial charge < -0.3 is 14.5 Å². The summed E-state index contributed by atoms with van der Waals surface area (Å²) in [6.45, 7) is 2.82. The van der Waals surface area contributed by atoms with Crippen LogP contribution in [0, 0.1) is 0 Å². The van der Waals surface area contributed by atoms with Crippen LogP contribution in [-0.2, 0) is 9.53 Å². The van der Waals surface area contributed by atoms with Gasteiger partial charge in [-0.15, -0.1) is 0 Å². The fraction of sp³-hybridized carbons (Fsp3) is 0.471. The van der Waals surface area contributed by atoms with Gasteiger partial charge in [-0.05, 0) is 18.9 Å². The van der Waals surface area contributed by atoms with Crippen molar-refractivity contribution in [1.82, 2.24) is 20.0 Å². The van der Waals surface area contributed by atoms with E-state index in [9.17, 15) is 9.59 Å². The van der Waals surface area contributed by atoms with Gasteiger partial charge in [0.05, 0.1) is 5.52 Å². The summed E-state index contributed by atoms with van der Waals surface area (Å²) < 4.78 is 5.46. The highest BCUT2D eigenvalue weighted by molar-refractivity contribution is 6.04. The Morgan fingerprint density at radius 2 is 1.88 bits per heavy atom. The highest BCUT2D eigenvalue weighted by atomic mass is 16.5. The molecular formula is C17H20N4O3. The first-order valence-corrected chi connectivity index (χ1v) is 8.37. The Balaban J connectivity index is 1.42. The van der Waals surface area contributed by atoms with Gasteiger partial charge in [0.15, 0.2) is 5.69 Å². The second-order valence-electron chi connectivity index (χ2n) is 6.24. The van der Waals surface area contributed by atoms with Gasteiger partial charge in [0, 0.05) is 38.2 Å². The van der Waals surface area contributed by atoms with Crippen LogP contribution in [0.4, 0.5) is 0 Å². The Morgan fingerprint density at radius 3 is 2.62 bits per heavy atom. The first-order valence-electron chi connectivity index (χ1n) is 8.37. The number of piperazine rings is 1. The van der Waals surface area contributed by atoms with Crippen LogP contribution in [0.15, 0.2) is 24.3 Å². The van der Waals surface area contributed by atoms with Gasteiger partial charge in [-0.2, -0.15) is 5.10 Å². The van der Waals surface area contributed by atoms with E-state index in [4.69, 9.17) is 4.74 Å². The van der Waals surface area contributed by atoms with Crippen molar-refractivity contribution in [3.63, 3.8) is 0 Å². The highest BCUT2D eigenvalue weighted by Crippen LogP contribution is 2.19. The molecule has 2 saturated heterocycles. The molecule has 2 aliphatic heterocycles. The molecule has 0 aliphatic carbocycles. The summed E-state index contributed by atoms with van der Waals surface area (Å²) in [5.74, 6) is -0.0264. The molecule has 0 spiro atoms. The molecule has 24 heavy (non-hydrogen) atoms. The number of nitrogens with zero attached hydrogens (tertiary/aromatic N) is 3.